The molecule has 9 heteroatoms. The molecule has 2 heterocycles. The largest absolute Gasteiger partial charge is 0.484 e. The average Bonchev–Trinajstić information content (AvgIpc) is 3.12. The topological polar surface area (TPSA) is 60.3 Å². The van der Waals surface area contributed by atoms with Gasteiger partial charge in [0.25, 0.3) is 5.91 Å². The van der Waals surface area contributed by atoms with Crippen molar-refractivity contribution in [1.82, 2.24) is 14.9 Å². The maximum Gasteiger partial charge on any atom is 0.272 e. The molecule has 0 bridgehead atoms. The highest BCUT2D eigenvalue weighted by atomic mass is 35.5. The van der Waals surface area contributed by atoms with Crippen LogP contribution in [0.5, 0.6) is 5.75 Å². The van der Waals surface area contributed by atoms with Gasteiger partial charge in [-0.3, -0.25) is 4.79 Å². The van der Waals surface area contributed by atoms with Gasteiger partial charge in [-0.05, 0) is 24.3 Å². The van der Waals surface area contributed by atoms with Gasteiger partial charge in [-0.25, -0.2) is 9.69 Å². The molecule has 0 radical (unpaired) electrons. The lowest BCUT2D eigenvalue weighted by molar-refractivity contribution is 0.0953. The predicted molar refractivity (Wildman–Crippen MR) is 105 cm³/mol. The number of nitrogens with zero attached hydrogens (tertiary/aromatic N) is 4. The number of hydrogen-bond donors (Lipinski definition) is 0. The summed E-state index contributed by atoms with van der Waals surface area (Å²) in [6.45, 7) is 0.653. The normalized spacial score (nSPS) is 13.3. The number of aromatic nitrogens is 3. The van der Waals surface area contributed by atoms with Crippen molar-refractivity contribution < 1.29 is 9.53 Å². The number of amides is 1. The molecule has 0 N–H and O–H groups in total. The maximum absolute atomic E-state index is 12.9. The summed E-state index contributed by atoms with van der Waals surface area (Å²) in [5.41, 5.74) is 0.605. The second kappa shape index (κ2) is 7.80. The van der Waals surface area contributed by atoms with Gasteiger partial charge in [0.2, 0.25) is 5.16 Å². The SMILES string of the molecule is O=C(c1ccccc1)N1CCSc2nnc(COc3cc(Cl)ccc3Cl)n21. The van der Waals surface area contributed by atoms with Crippen molar-refractivity contribution in [3.63, 3.8) is 0 Å². The maximum atomic E-state index is 12.9. The van der Waals surface area contributed by atoms with Crippen LogP contribution in [0.4, 0.5) is 0 Å². The lowest BCUT2D eigenvalue weighted by Crippen LogP contribution is -2.45. The zero-order valence-electron chi connectivity index (χ0n) is 14.0. The molecule has 0 saturated carbocycles. The molecule has 27 heavy (non-hydrogen) atoms. The van der Waals surface area contributed by atoms with Crippen molar-refractivity contribution in [2.45, 2.75) is 11.8 Å². The number of thioether (sulfide) groups is 1. The number of benzene rings is 2. The lowest BCUT2D eigenvalue weighted by Gasteiger charge is -2.29. The third-order valence-corrected chi connectivity index (χ3v) is 5.40. The van der Waals surface area contributed by atoms with E-state index >= 15 is 0 Å². The van der Waals surface area contributed by atoms with E-state index in [9.17, 15) is 4.79 Å². The molecule has 0 spiro atoms. The van der Waals surface area contributed by atoms with Gasteiger partial charge in [-0.1, -0.05) is 53.2 Å². The average molecular weight is 421 g/mol. The number of rotatable bonds is 4. The summed E-state index contributed by atoms with van der Waals surface area (Å²) in [6.07, 6.45) is 0. The van der Waals surface area contributed by atoms with Crippen molar-refractivity contribution in [1.29, 1.82) is 0 Å². The summed E-state index contributed by atoms with van der Waals surface area (Å²) in [5.74, 6) is 1.60. The van der Waals surface area contributed by atoms with E-state index in [2.05, 4.69) is 10.2 Å². The zero-order chi connectivity index (χ0) is 18.8. The molecule has 0 unspecified atom stereocenters. The van der Waals surface area contributed by atoms with E-state index in [0.717, 1.165) is 5.75 Å². The van der Waals surface area contributed by atoms with E-state index in [0.29, 0.717) is 38.9 Å². The van der Waals surface area contributed by atoms with Crippen LogP contribution in [0.15, 0.2) is 53.7 Å². The van der Waals surface area contributed by atoms with Crippen molar-refractivity contribution in [2.75, 3.05) is 17.3 Å². The molecule has 138 valence electrons. The van der Waals surface area contributed by atoms with Gasteiger partial charge >= 0.3 is 0 Å². The quantitative estimate of drug-likeness (QED) is 0.636. The van der Waals surface area contributed by atoms with Gasteiger partial charge in [0.1, 0.15) is 12.4 Å². The minimum atomic E-state index is -0.112. The first kappa shape index (κ1) is 18.2. The molecule has 1 amide bonds. The van der Waals surface area contributed by atoms with Crippen LogP contribution in [0.3, 0.4) is 0 Å². The van der Waals surface area contributed by atoms with E-state index < -0.39 is 0 Å². The molecule has 4 rings (SSSR count). The highest BCUT2D eigenvalue weighted by Gasteiger charge is 2.28. The van der Waals surface area contributed by atoms with Gasteiger partial charge in [0.15, 0.2) is 5.82 Å². The highest BCUT2D eigenvalue weighted by Crippen LogP contribution is 2.29. The smallest absolute Gasteiger partial charge is 0.272 e. The summed E-state index contributed by atoms with van der Waals surface area (Å²) in [4.78, 5) is 12.9. The zero-order valence-corrected chi connectivity index (χ0v) is 16.3. The third kappa shape index (κ3) is 3.76. The molecule has 1 aromatic heterocycles. The Hall–Kier alpha value is -2.22. The first-order valence-electron chi connectivity index (χ1n) is 8.15. The van der Waals surface area contributed by atoms with E-state index in [1.807, 2.05) is 18.2 Å². The molecule has 1 aliphatic rings. The minimum Gasteiger partial charge on any atom is -0.484 e. The van der Waals surface area contributed by atoms with Crippen molar-refractivity contribution in [3.8, 4) is 5.75 Å². The number of carbonyl (C=O) groups excluding carboxylic acids is 1. The summed E-state index contributed by atoms with van der Waals surface area (Å²) in [6, 6.07) is 14.1. The molecule has 3 aromatic rings. The fourth-order valence-corrected chi connectivity index (χ4v) is 3.90. The molecule has 0 atom stereocenters. The molecule has 0 saturated heterocycles. The number of halogens is 2. The predicted octanol–water partition coefficient (Wildman–Crippen LogP) is 4.05. The first-order valence-corrected chi connectivity index (χ1v) is 9.90. The number of ether oxygens (including phenoxy) is 1. The van der Waals surface area contributed by atoms with Crippen LogP contribution in [0, 0.1) is 0 Å². The van der Waals surface area contributed by atoms with Crippen LogP contribution < -0.4 is 9.75 Å². The summed E-state index contributed by atoms with van der Waals surface area (Å²) < 4.78 is 7.49. The molecular formula is C18H14Cl2N4O2S. The van der Waals surface area contributed by atoms with Gasteiger partial charge in [0, 0.05) is 22.4 Å². The van der Waals surface area contributed by atoms with Crippen molar-refractivity contribution >= 4 is 40.9 Å². The van der Waals surface area contributed by atoms with Crippen LogP contribution in [0.25, 0.3) is 0 Å². The van der Waals surface area contributed by atoms with Crippen LogP contribution in [-0.4, -0.2) is 33.1 Å². The second-order valence-electron chi connectivity index (χ2n) is 5.72. The van der Waals surface area contributed by atoms with E-state index in [-0.39, 0.29) is 12.5 Å². The minimum absolute atomic E-state index is 0.103. The Labute approximate surface area is 170 Å². The van der Waals surface area contributed by atoms with Crippen LogP contribution in [0.2, 0.25) is 10.0 Å². The number of carbonyl (C=O) groups is 1. The van der Waals surface area contributed by atoms with Crippen LogP contribution >= 0.6 is 35.0 Å². The Balaban J connectivity index is 1.60. The van der Waals surface area contributed by atoms with Crippen LogP contribution in [0.1, 0.15) is 16.2 Å². The lowest BCUT2D eigenvalue weighted by atomic mass is 10.2. The molecule has 1 aliphatic heterocycles. The summed E-state index contributed by atoms with van der Waals surface area (Å²) in [7, 11) is 0. The summed E-state index contributed by atoms with van der Waals surface area (Å²) >= 11 is 13.7. The number of hydrogen-bond acceptors (Lipinski definition) is 5. The highest BCUT2D eigenvalue weighted by molar-refractivity contribution is 7.99. The summed E-state index contributed by atoms with van der Waals surface area (Å²) in [5, 5.41) is 11.6. The Bertz CT molecular complexity index is 981. The van der Waals surface area contributed by atoms with E-state index in [1.165, 1.54) is 0 Å². The third-order valence-electron chi connectivity index (χ3n) is 3.96. The monoisotopic (exact) mass is 420 g/mol. The Kier molecular flexibility index (Phi) is 5.24. The van der Waals surface area contributed by atoms with Crippen LogP contribution in [-0.2, 0) is 6.61 Å². The number of fused-ring (bicyclic) bond motifs is 1. The van der Waals surface area contributed by atoms with E-state index in [1.54, 1.807) is 51.8 Å². The van der Waals surface area contributed by atoms with Gasteiger partial charge in [-0.15, -0.1) is 10.2 Å². The standard InChI is InChI=1S/C18H14Cl2N4O2S/c19-13-6-7-14(20)15(10-13)26-11-16-21-22-18-24(16)23(8-9-27-18)17(25)12-4-2-1-3-5-12/h1-7,10H,8-9,11H2. The second-order valence-corrected chi connectivity index (χ2v) is 7.62. The van der Waals surface area contributed by atoms with Gasteiger partial charge in [-0.2, -0.15) is 0 Å². The molecule has 2 aromatic carbocycles. The Morgan fingerprint density at radius 2 is 1.96 bits per heavy atom. The van der Waals surface area contributed by atoms with Crippen molar-refractivity contribution in [3.05, 3.63) is 70.0 Å². The van der Waals surface area contributed by atoms with Crippen molar-refractivity contribution in [2.24, 2.45) is 0 Å². The van der Waals surface area contributed by atoms with E-state index in [4.69, 9.17) is 27.9 Å². The van der Waals surface area contributed by atoms with Gasteiger partial charge < -0.3 is 4.74 Å². The molecule has 0 fully saturated rings. The fourth-order valence-electron chi connectivity index (χ4n) is 2.69. The molecule has 0 aliphatic carbocycles. The Morgan fingerprint density at radius 1 is 1.15 bits per heavy atom. The Morgan fingerprint density at radius 3 is 2.78 bits per heavy atom. The first-order chi connectivity index (χ1) is 13.1. The fraction of sp³-hybridized carbons (Fsp3) is 0.167. The molecular weight excluding hydrogens is 407 g/mol. The van der Waals surface area contributed by atoms with Gasteiger partial charge in [0.05, 0.1) is 11.6 Å². The molecule has 6 nitrogen and oxygen atoms in total.